The predicted octanol–water partition coefficient (Wildman–Crippen LogP) is 3.68. The van der Waals surface area contributed by atoms with Gasteiger partial charge >= 0.3 is 0 Å². The van der Waals surface area contributed by atoms with Crippen LogP contribution in [0.25, 0.3) is 10.2 Å². The van der Waals surface area contributed by atoms with Crippen LogP contribution in [0.2, 0.25) is 5.02 Å². The lowest BCUT2D eigenvalue weighted by Crippen LogP contribution is -2.14. The number of nitro groups is 1. The number of nitrogens with zero attached hydrogens (tertiary/aromatic N) is 3. The van der Waals surface area contributed by atoms with Gasteiger partial charge in [-0.1, -0.05) is 29.0 Å². The van der Waals surface area contributed by atoms with Crippen LogP contribution in [0.4, 0.5) is 10.1 Å². The molecule has 1 aromatic heterocycles. The number of thiazole rings is 1. The van der Waals surface area contributed by atoms with Crippen molar-refractivity contribution in [3.8, 4) is 0 Å². The van der Waals surface area contributed by atoms with Gasteiger partial charge in [0.15, 0.2) is 4.80 Å². The Kier molecular flexibility index (Phi) is 4.16. The van der Waals surface area contributed by atoms with Crippen molar-refractivity contribution in [2.24, 2.45) is 12.0 Å². The van der Waals surface area contributed by atoms with E-state index in [9.17, 15) is 19.3 Å². The number of rotatable bonds is 2. The van der Waals surface area contributed by atoms with Gasteiger partial charge in [-0.05, 0) is 24.3 Å². The third-order valence-corrected chi connectivity index (χ3v) is 4.69. The van der Waals surface area contributed by atoms with E-state index < -0.39 is 16.6 Å². The molecule has 6 nitrogen and oxygen atoms in total. The summed E-state index contributed by atoms with van der Waals surface area (Å²) in [6, 6.07) is 8.23. The lowest BCUT2D eigenvalue weighted by atomic mass is 10.2. The SMILES string of the molecule is Cn1c(=NC(=O)c2cc(Cl)ccc2[N+](=O)[O-])sc2cccc(F)c21. The summed E-state index contributed by atoms with van der Waals surface area (Å²) in [6.45, 7) is 0. The standard InChI is InChI=1S/C15H9ClFN3O3S/c1-19-13-10(17)3-2-4-12(13)24-15(19)18-14(21)9-7-8(16)5-6-11(9)20(22)23/h2-7H,1H3. The Morgan fingerprint density at radius 3 is 2.79 bits per heavy atom. The van der Waals surface area contributed by atoms with Gasteiger partial charge in [0.25, 0.3) is 11.6 Å². The number of hydrogen-bond donors (Lipinski definition) is 0. The van der Waals surface area contributed by atoms with Crippen LogP contribution in [-0.2, 0) is 7.05 Å². The fraction of sp³-hybridized carbons (Fsp3) is 0.0667. The maximum Gasteiger partial charge on any atom is 0.286 e. The average molecular weight is 366 g/mol. The van der Waals surface area contributed by atoms with E-state index in [-0.39, 0.29) is 21.1 Å². The summed E-state index contributed by atoms with van der Waals surface area (Å²) in [5.41, 5.74) is -0.289. The number of hydrogen-bond acceptors (Lipinski definition) is 4. The number of fused-ring (bicyclic) bond motifs is 1. The van der Waals surface area contributed by atoms with Crippen LogP contribution in [0.15, 0.2) is 41.4 Å². The monoisotopic (exact) mass is 365 g/mol. The quantitative estimate of drug-likeness (QED) is 0.513. The van der Waals surface area contributed by atoms with E-state index in [1.54, 1.807) is 19.2 Å². The number of halogens is 2. The zero-order valence-electron chi connectivity index (χ0n) is 12.2. The van der Waals surface area contributed by atoms with E-state index in [0.29, 0.717) is 10.2 Å². The fourth-order valence-corrected chi connectivity index (χ4v) is 3.45. The molecule has 0 saturated carbocycles. The van der Waals surface area contributed by atoms with Crippen molar-refractivity contribution in [2.75, 3.05) is 0 Å². The van der Waals surface area contributed by atoms with Crippen molar-refractivity contribution < 1.29 is 14.1 Å². The topological polar surface area (TPSA) is 77.5 Å². The molecule has 1 amide bonds. The summed E-state index contributed by atoms with van der Waals surface area (Å²) >= 11 is 6.93. The van der Waals surface area contributed by atoms with E-state index in [4.69, 9.17) is 11.6 Å². The van der Waals surface area contributed by atoms with Gasteiger partial charge in [0.1, 0.15) is 11.4 Å². The molecule has 0 bridgehead atoms. The van der Waals surface area contributed by atoms with Gasteiger partial charge in [-0.25, -0.2) is 4.39 Å². The summed E-state index contributed by atoms with van der Waals surface area (Å²) in [7, 11) is 1.57. The van der Waals surface area contributed by atoms with Crippen LogP contribution in [0.1, 0.15) is 10.4 Å². The molecule has 0 spiro atoms. The average Bonchev–Trinajstić information content (AvgIpc) is 2.84. The van der Waals surface area contributed by atoms with Crippen molar-refractivity contribution in [2.45, 2.75) is 0 Å². The number of aromatic nitrogens is 1. The number of amides is 1. The first-order valence-electron chi connectivity index (χ1n) is 6.65. The Morgan fingerprint density at radius 1 is 1.38 bits per heavy atom. The molecule has 3 aromatic rings. The second-order valence-electron chi connectivity index (χ2n) is 4.87. The van der Waals surface area contributed by atoms with Crippen molar-refractivity contribution in [1.29, 1.82) is 0 Å². The summed E-state index contributed by atoms with van der Waals surface area (Å²) in [4.78, 5) is 26.9. The smallest absolute Gasteiger partial charge is 0.286 e. The highest BCUT2D eigenvalue weighted by Gasteiger charge is 2.20. The molecular formula is C15H9ClFN3O3S. The van der Waals surface area contributed by atoms with Gasteiger partial charge in [-0.3, -0.25) is 14.9 Å². The highest BCUT2D eigenvalue weighted by atomic mass is 35.5. The predicted molar refractivity (Wildman–Crippen MR) is 88.8 cm³/mol. The molecule has 122 valence electrons. The van der Waals surface area contributed by atoms with E-state index >= 15 is 0 Å². The van der Waals surface area contributed by atoms with Crippen molar-refractivity contribution >= 4 is 44.7 Å². The van der Waals surface area contributed by atoms with Gasteiger partial charge < -0.3 is 4.57 Å². The second kappa shape index (κ2) is 6.14. The zero-order chi connectivity index (χ0) is 17.4. The van der Waals surface area contributed by atoms with Crippen molar-refractivity contribution in [3.63, 3.8) is 0 Å². The molecule has 1 heterocycles. The van der Waals surface area contributed by atoms with E-state index in [1.165, 1.54) is 22.8 Å². The normalized spacial score (nSPS) is 11.9. The maximum absolute atomic E-state index is 13.9. The van der Waals surface area contributed by atoms with Crippen molar-refractivity contribution in [1.82, 2.24) is 4.57 Å². The third kappa shape index (κ3) is 2.81. The minimum Gasteiger partial charge on any atom is -0.317 e. The highest BCUT2D eigenvalue weighted by Crippen LogP contribution is 2.24. The van der Waals surface area contributed by atoms with Crippen LogP contribution >= 0.6 is 22.9 Å². The molecule has 0 N–H and O–H groups in total. The van der Waals surface area contributed by atoms with Crippen LogP contribution in [0.3, 0.4) is 0 Å². The van der Waals surface area contributed by atoms with E-state index in [0.717, 1.165) is 17.4 Å². The Morgan fingerprint density at radius 2 is 2.12 bits per heavy atom. The molecule has 24 heavy (non-hydrogen) atoms. The minimum atomic E-state index is -0.813. The minimum absolute atomic E-state index is 0.186. The first kappa shape index (κ1) is 16.3. The van der Waals surface area contributed by atoms with Gasteiger partial charge in [-0.15, -0.1) is 0 Å². The Bertz CT molecular complexity index is 1060. The van der Waals surface area contributed by atoms with E-state index in [2.05, 4.69) is 4.99 Å². The number of aryl methyl sites for hydroxylation is 1. The number of benzene rings is 2. The number of para-hydroxylation sites is 1. The molecule has 0 radical (unpaired) electrons. The van der Waals surface area contributed by atoms with Crippen LogP contribution in [0.5, 0.6) is 0 Å². The number of nitro benzene ring substituents is 1. The first-order chi connectivity index (χ1) is 11.4. The molecule has 0 fully saturated rings. The highest BCUT2D eigenvalue weighted by molar-refractivity contribution is 7.16. The first-order valence-corrected chi connectivity index (χ1v) is 7.85. The Labute approximate surface area is 143 Å². The largest absolute Gasteiger partial charge is 0.317 e. The van der Waals surface area contributed by atoms with Gasteiger partial charge in [0.05, 0.1) is 15.1 Å². The Balaban J connectivity index is 2.18. The number of carbonyl (C=O) groups excluding carboxylic acids is 1. The maximum atomic E-state index is 13.9. The lowest BCUT2D eigenvalue weighted by Gasteiger charge is -1.99. The van der Waals surface area contributed by atoms with Crippen molar-refractivity contribution in [3.05, 3.63) is 67.7 Å². The number of carbonyl (C=O) groups is 1. The van der Waals surface area contributed by atoms with Crippen LogP contribution in [-0.4, -0.2) is 15.4 Å². The fourth-order valence-electron chi connectivity index (χ4n) is 2.25. The lowest BCUT2D eigenvalue weighted by molar-refractivity contribution is -0.385. The molecule has 9 heteroatoms. The van der Waals surface area contributed by atoms with Gasteiger partial charge in [0.2, 0.25) is 0 Å². The molecule has 2 aromatic carbocycles. The van der Waals surface area contributed by atoms with Gasteiger partial charge in [-0.2, -0.15) is 4.99 Å². The molecule has 0 aliphatic rings. The molecule has 3 rings (SSSR count). The zero-order valence-corrected chi connectivity index (χ0v) is 13.8. The summed E-state index contributed by atoms with van der Waals surface area (Å²) in [5.74, 6) is -1.25. The van der Waals surface area contributed by atoms with E-state index in [1.807, 2.05) is 0 Å². The summed E-state index contributed by atoms with van der Waals surface area (Å²) < 4.78 is 15.9. The summed E-state index contributed by atoms with van der Waals surface area (Å²) in [6.07, 6.45) is 0. The Hall–Kier alpha value is -2.58. The molecule has 0 atom stereocenters. The molecule has 0 unspecified atom stereocenters. The van der Waals surface area contributed by atoms with Crippen LogP contribution < -0.4 is 4.80 Å². The van der Waals surface area contributed by atoms with Crippen LogP contribution in [0, 0.1) is 15.9 Å². The second-order valence-corrected chi connectivity index (χ2v) is 6.31. The summed E-state index contributed by atoms with van der Waals surface area (Å²) in [5, 5.41) is 11.2. The van der Waals surface area contributed by atoms with Gasteiger partial charge in [0, 0.05) is 18.1 Å². The molecular weight excluding hydrogens is 357 g/mol. The molecule has 0 saturated heterocycles. The molecule has 0 aliphatic carbocycles. The molecule has 0 aliphatic heterocycles. The third-order valence-electron chi connectivity index (χ3n) is 3.36.